The van der Waals surface area contributed by atoms with Gasteiger partial charge < -0.3 is 10.2 Å². The van der Waals surface area contributed by atoms with Crippen LogP contribution in [0.3, 0.4) is 0 Å². The minimum atomic E-state index is -0.165. The second-order valence-corrected chi connectivity index (χ2v) is 10.2. The molecule has 0 spiro atoms. The molecular weight excluding hydrogens is 480 g/mol. The molecule has 1 fully saturated rings. The van der Waals surface area contributed by atoms with Crippen LogP contribution in [-0.2, 0) is 6.42 Å². The van der Waals surface area contributed by atoms with Crippen LogP contribution in [0.1, 0.15) is 38.6 Å². The van der Waals surface area contributed by atoms with Crippen molar-refractivity contribution < 1.29 is 9.59 Å². The molecule has 1 saturated carbocycles. The number of fused-ring (bicyclic) bond motifs is 3. The summed E-state index contributed by atoms with van der Waals surface area (Å²) in [5.74, 6) is -0.172. The van der Waals surface area contributed by atoms with Crippen LogP contribution in [0.25, 0.3) is 21.7 Å². The number of aromatic nitrogens is 2. The van der Waals surface area contributed by atoms with Crippen LogP contribution in [0.2, 0.25) is 5.15 Å². The van der Waals surface area contributed by atoms with Crippen molar-refractivity contribution in [3.63, 3.8) is 0 Å². The van der Waals surface area contributed by atoms with E-state index in [1.807, 2.05) is 48.5 Å². The summed E-state index contributed by atoms with van der Waals surface area (Å²) in [4.78, 5) is 38.6. The van der Waals surface area contributed by atoms with Gasteiger partial charge >= 0.3 is 0 Å². The highest BCUT2D eigenvalue weighted by atomic mass is 35.5. The minimum Gasteiger partial charge on any atom is -0.349 e. The Bertz CT molecular complexity index is 1460. The third-order valence-electron chi connectivity index (χ3n) is 6.23. The summed E-state index contributed by atoms with van der Waals surface area (Å²) in [6.45, 7) is 0.496. The predicted octanol–water partition coefficient (Wildman–Crippen LogP) is 5.62. The molecule has 1 aromatic carbocycles. The average Bonchev–Trinajstić information content (AvgIpc) is 3.62. The van der Waals surface area contributed by atoms with E-state index >= 15 is 0 Å². The Morgan fingerprint density at radius 3 is 2.74 bits per heavy atom. The first-order valence-corrected chi connectivity index (χ1v) is 12.7. The lowest BCUT2D eigenvalue weighted by molar-refractivity contribution is 0.0952. The van der Waals surface area contributed by atoms with E-state index in [2.05, 4.69) is 15.3 Å². The summed E-state index contributed by atoms with van der Waals surface area (Å²) in [6.07, 6.45) is 4.39. The second-order valence-electron chi connectivity index (χ2n) is 8.71. The molecule has 2 amide bonds. The number of carbonyl (C=O) groups is 2. The summed E-state index contributed by atoms with van der Waals surface area (Å²) in [7, 11) is 0. The fourth-order valence-electron chi connectivity index (χ4n) is 4.32. The van der Waals surface area contributed by atoms with Gasteiger partial charge in [-0.1, -0.05) is 35.9 Å². The maximum absolute atomic E-state index is 13.7. The van der Waals surface area contributed by atoms with E-state index in [9.17, 15) is 9.59 Å². The van der Waals surface area contributed by atoms with Gasteiger partial charge in [0.2, 0.25) is 0 Å². The molecule has 8 heteroatoms. The Hall–Kier alpha value is -3.55. The van der Waals surface area contributed by atoms with Crippen molar-refractivity contribution in [1.29, 1.82) is 0 Å². The fraction of sp³-hybridized carbons (Fsp3) is 0.185. The molecule has 2 aliphatic rings. The van der Waals surface area contributed by atoms with Crippen LogP contribution in [0.4, 0.5) is 5.69 Å². The molecular formula is C27H21ClN4O2S. The Labute approximate surface area is 211 Å². The Morgan fingerprint density at radius 1 is 1.06 bits per heavy atom. The lowest BCUT2D eigenvalue weighted by Crippen LogP contribution is -2.33. The van der Waals surface area contributed by atoms with Gasteiger partial charge in [-0.2, -0.15) is 0 Å². The number of benzene rings is 1. The number of para-hydroxylation sites is 1. The number of nitrogens with zero attached hydrogens (tertiary/aromatic N) is 3. The number of amides is 2. The number of nitrogens with one attached hydrogen (secondary N) is 1. The number of carbonyl (C=O) groups excluding carboxylic acids is 2. The Balaban J connectivity index is 1.34. The van der Waals surface area contributed by atoms with Gasteiger partial charge in [0.15, 0.2) is 0 Å². The van der Waals surface area contributed by atoms with Crippen LogP contribution >= 0.6 is 22.9 Å². The first-order chi connectivity index (χ1) is 17.1. The molecule has 3 aromatic heterocycles. The van der Waals surface area contributed by atoms with Crippen LogP contribution in [0.5, 0.6) is 0 Å². The smallest absolute Gasteiger partial charge is 0.276 e. The highest BCUT2D eigenvalue weighted by molar-refractivity contribution is 7.17. The summed E-state index contributed by atoms with van der Waals surface area (Å²) in [6, 6.07) is 19.1. The maximum atomic E-state index is 13.7. The predicted molar refractivity (Wildman–Crippen MR) is 138 cm³/mol. The molecule has 4 heterocycles. The molecule has 35 heavy (non-hydrogen) atoms. The Kier molecular flexibility index (Phi) is 5.59. The highest BCUT2D eigenvalue weighted by Crippen LogP contribution is 2.42. The highest BCUT2D eigenvalue weighted by Gasteiger charge is 2.29. The van der Waals surface area contributed by atoms with Gasteiger partial charge in [-0.15, -0.1) is 11.3 Å². The van der Waals surface area contributed by atoms with Crippen LogP contribution in [0.15, 0.2) is 66.9 Å². The van der Waals surface area contributed by atoms with E-state index in [0.29, 0.717) is 35.5 Å². The van der Waals surface area contributed by atoms with Crippen molar-refractivity contribution in [2.24, 2.45) is 0 Å². The van der Waals surface area contributed by atoms with Crippen molar-refractivity contribution in [3.8, 4) is 21.7 Å². The quantitative estimate of drug-likeness (QED) is 0.369. The zero-order chi connectivity index (χ0) is 23.9. The van der Waals surface area contributed by atoms with Crippen molar-refractivity contribution >= 4 is 40.4 Å². The fourth-order valence-corrected chi connectivity index (χ4v) is 5.64. The normalized spacial score (nSPS) is 14.6. The summed E-state index contributed by atoms with van der Waals surface area (Å²) < 4.78 is 0. The molecule has 6 rings (SSSR count). The molecule has 0 atom stereocenters. The number of pyridine rings is 2. The van der Waals surface area contributed by atoms with Crippen LogP contribution < -0.4 is 10.2 Å². The molecule has 0 saturated heterocycles. The van der Waals surface area contributed by atoms with Crippen LogP contribution in [-0.4, -0.2) is 34.4 Å². The maximum Gasteiger partial charge on any atom is 0.276 e. The lowest BCUT2D eigenvalue weighted by Gasteiger charge is -2.23. The number of anilines is 1. The van der Waals surface area contributed by atoms with Gasteiger partial charge in [0.1, 0.15) is 10.8 Å². The van der Waals surface area contributed by atoms with Crippen molar-refractivity contribution in [1.82, 2.24) is 15.3 Å². The molecule has 4 aromatic rings. The van der Waals surface area contributed by atoms with Gasteiger partial charge in [0, 0.05) is 34.8 Å². The van der Waals surface area contributed by atoms with Crippen molar-refractivity contribution in [2.75, 3.05) is 11.4 Å². The van der Waals surface area contributed by atoms with Gasteiger partial charge in [-0.25, -0.2) is 9.97 Å². The molecule has 0 bridgehead atoms. The number of halogens is 1. The van der Waals surface area contributed by atoms with Gasteiger partial charge in [-0.05, 0) is 61.2 Å². The summed E-state index contributed by atoms with van der Waals surface area (Å²) in [5.41, 5.74) is 4.70. The number of hydrogen-bond acceptors (Lipinski definition) is 5. The number of rotatable bonds is 4. The number of hydrogen-bond donors (Lipinski definition) is 1. The van der Waals surface area contributed by atoms with Gasteiger partial charge in [0.05, 0.1) is 16.3 Å². The first kappa shape index (κ1) is 21.9. The third-order valence-corrected chi connectivity index (χ3v) is 7.64. The molecule has 1 aliphatic carbocycles. The topological polar surface area (TPSA) is 75.2 Å². The zero-order valence-corrected chi connectivity index (χ0v) is 20.3. The largest absolute Gasteiger partial charge is 0.349 e. The van der Waals surface area contributed by atoms with E-state index in [1.165, 1.54) is 11.3 Å². The van der Waals surface area contributed by atoms with Gasteiger partial charge in [-0.3, -0.25) is 9.59 Å². The monoisotopic (exact) mass is 500 g/mol. The summed E-state index contributed by atoms with van der Waals surface area (Å²) >= 11 is 7.54. The number of thiophene rings is 1. The Morgan fingerprint density at radius 2 is 1.91 bits per heavy atom. The van der Waals surface area contributed by atoms with Gasteiger partial charge in [0.25, 0.3) is 11.8 Å². The van der Waals surface area contributed by atoms with E-state index < -0.39 is 0 Å². The first-order valence-electron chi connectivity index (χ1n) is 11.5. The standard InChI is InChI=1S/C27H21ClN4O2S/c28-24-15-16(10-12-29-24)20-5-3-6-21(31-20)27(34)32-13-11-17-14-23(26(33)30-18-8-9-18)35-25(17)19-4-1-2-7-22(19)32/h1-7,10,12,14-15,18H,8-9,11,13H2,(H,30,33). The summed E-state index contributed by atoms with van der Waals surface area (Å²) in [5, 5.41) is 3.45. The third kappa shape index (κ3) is 4.33. The SMILES string of the molecule is O=C(NC1CC1)c1cc2c(s1)-c1ccccc1N(C(=O)c1cccc(-c3ccnc(Cl)c3)n1)CC2. The van der Waals surface area contributed by atoms with E-state index in [4.69, 9.17) is 11.6 Å². The van der Waals surface area contributed by atoms with Crippen molar-refractivity contribution in [2.45, 2.75) is 25.3 Å². The molecule has 1 aliphatic heterocycles. The second kappa shape index (κ2) is 8.91. The van der Waals surface area contributed by atoms with Crippen molar-refractivity contribution in [3.05, 3.63) is 88.1 Å². The lowest BCUT2D eigenvalue weighted by atomic mass is 10.1. The zero-order valence-electron chi connectivity index (χ0n) is 18.7. The molecule has 0 radical (unpaired) electrons. The van der Waals surface area contributed by atoms with E-state index in [1.54, 1.807) is 23.2 Å². The molecule has 174 valence electrons. The average molecular weight is 501 g/mol. The minimum absolute atomic E-state index is 0.00628. The van der Waals surface area contributed by atoms with E-state index in [0.717, 1.165) is 45.0 Å². The molecule has 1 N–H and O–H groups in total. The molecule has 0 unspecified atom stereocenters. The molecule has 6 nitrogen and oxygen atoms in total. The van der Waals surface area contributed by atoms with E-state index in [-0.39, 0.29) is 11.8 Å². The van der Waals surface area contributed by atoms with Crippen LogP contribution in [0, 0.1) is 0 Å².